The molecule has 1 heterocycles. The van der Waals surface area contributed by atoms with E-state index in [1.54, 1.807) is 6.07 Å². The summed E-state index contributed by atoms with van der Waals surface area (Å²) in [6, 6.07) is 5.43. The van der Waals surface area contributed by atoms with E-state index >= 15 is 0 Å². The molecule has 1 aromatic carbocycles. The lowest BCUT2D eigenvalue weighted by molar-refractivity contribution is 0.587. The largest absolute Gasteiger partial charge is 0.236 e. The number of hydrogen-bond acceptors (Lipinski definition) is 2. The Morgan fingerprint density at radius 2 is 1.81 bits per heavy atom. The lowest BCUT2D eigenvalue weighted by Crippen LogP contribution is -1.98. The van der Waals surface area contributed by atoms with Gasteiger partial charge in [0.05, 0.1) is 5.56 Å². The summed E-state index contributed by atoms with van der Waals surface area (Å²) in [7, 11) is 0. The molecule has 0 bridgehead atoms. The molecule has 0 radical (unpaired) electrons. The van der Waals surface area contributed by atoms with Crippen LogP contribution in [-0.2, 0) is 6.42 Å². The zero-order valence-electron chi connectivity index (χ0n) is 8.74. The molecule has 0 amide bonds. The fourth-order valence-corrected chi connectivity index (χ4v) is 1.42. The summed E-state index contributed by atoms with van der Waals surface area (Å²) in [5.41, 5.74) is 0.588. The molecule has 0 aliphatic carbocycles. The van der Waals surface area contributed by atoms with E-state index in [4.69, 9.17) is 0 Å². The minimum Gasteiger partial charge on any atom is -0.236 e. The van der Waals surface area contributed by atoms with Crippen molar-refractivity contribution in [1.82, 2.24) is 9.97 Å². The maximum atomic E-state index is 13.5. The lowest BCUT2D eigenvalue weighted by atomic mass is 10.2. The lowest BCUT2D eigenvalue weighted by Gasteiger charge is -2.04. The molecule has 0 unspecified atom stereocenters. The van der Waals surface area contributed by atoms with Gasteiger partial charge in [0.2, 0.25) is 0 Å². The molecule has 0 atom stereocenters. The van der Waals surface area contributed by atoms with Gasteiger partial charge in [-0.15, -0.1) is 0 Å². The molecule has 1 aromatic heterocycles. The van der Waals surface area contributed by atoms with E-state index in [0.29, 0.717) is 6.42 Å². The van der Waals surface area contributed by atoms with Gasteiger partial charge in [0.25, 0.3) is 0 Å². The van der Waals surface area contributed by atoms with Crippen molar-refractivity contribution in [1.29, 1.82) is 0 Å². The molecule has 0 saturated carbocycles. The number of benzene rings is 1. The first kappa shape index (κ1) is 10.7. The third kappa shape index (κ3) is 1.91. The first-order valence-electron chi connectivity index (χ1n) is 4.98. The Kier molecular flexibility index (Phi) is 2.90. The highest BCUT2D eigenvalue weighted by molar-refractivity contribution is 5.56. The van der Waals surface area contributed by atoms with Crippen LogP contribution in [-0.4, -0.2) is 9.97 Å². The van der Waals surface area contributed by atoms with Crippen molar-refractivity contribution in [2.75, 3.05) is 0 Å². The number of rotatable bonds is 2. The summed E-state index contributed by atoms with van der Waals surface area (Å²) < 4.78 is 26.9. The van der Waals surface area contributed by atoms with Crippen LogP contribution < -0.4 is 0 Å². The number of hydrogen-bond donors (Lipinski definition) is 0. The van der Waals surface area contributed by atoms with Crippen LogP contribution in [0.5, 0.6) is 0 Å². The predicted molar refractivity (Wildman–Crippen MR) is 56.8 cm³/mol. The molecule has 2 aromatic rings. The van der Waals surface area contributed by atoms with Crippen LogP contribution in [0.4, 0.5) is 8.78 Å². The third-order valence-corrected chi connectivity index (χ3v) is 2.26. The zero-order chi connectivity index (χ0) is 11.5. The van der Waals surface area contributed by atoms with Crippen LogP contribution in [0.1, 0.15) is 12.6 Å². The normalized spacial score (nSPS) is 10.4. The van der Waals surface area contributed by atoms with Crippen LogP contribution in [0.25, 0.3) is 11.4 Å². The molecule has 0 aliphatic heterocycles. The van der Waals surface area contributed by atoms with Crippen molar-refractivity contribution >= 4 is 0 Å². The second-order valence-corrected chi connectivity index (χ2v) is 3.32. The molecule has 2 rings (SSSR count). The highest BCUT2D eigenvalue weighted by atomic mass is 19.1. The van der Waals surface area contributed by atoms with Crippen molar-refractivity contribution in [3.05, 3.63) is 47.8 Å². The number of halogens is 2. The molecule has 0 saturated heterocycles. The second kappa shape index (κ2) is 4.35. The Hall–Kier alpha value is -1.84. The van der Waals surface area contributed by atoms with E-state index in [9.17, 15) is 8.78 Å². The third-order valence-electron chi connectivity index (χ3n) is 2.26. The molecule has 4 heteroatoms. The molecule has 82 valence electrons. The van der Waals surface area contributed by atoms with Crippen LogP contribution in [0, 0.1) is 11.6 Å². The van der Waals surface area contributed by atoms with Crippen molar-refractivity contribution in [2.45, 2.75) is 13.3 Å². The minimum absolute atomic E-state index is 0.0925. The van der Waals surface area contributed by atoms with E-state index < -0.39 is 11.6 Å². The average Bonchev–Trinajstić information content (AvgIpc) is 2.29. The number of aromatic nitrogens is 2. The highest BCUT2D eigenvalue weighted by Gasteiger charge is 2.13. The van der Waals surface area contributed by atoms with Gasteiger partial charge in [-0.3, -0.25) is 0 Å². The van der Waals surface area contributed by atoms with Crippen molar-refractivity contribution in [3.8, 4) is 11.4 Å². The predicted octanol–water partition coefficient (Wildman–Crippen LogP) is 2.98. The summed E-state index contributed by atoms with van der Waals surface area (Å²) >= 11 is 0. The van der Waals surface area contributed by atoms with Crippen molar-refractivity contribution in [2.24, 2.45) is 0 Å². The van der Waals surface area contributed by atoms with Gasteiger partial charge in [0.15, 0.2) is 5.82 Å². The Balaban J connectivity index is 2.58. The smallest absolute Gasteiger partial charge is 0.165 e. The SMILES string of the molecule is CCc1ccnc(-c2c(F)cccc2F)n1. The number of nitrogens with zero attached hydrogens (tertiary/aromatic N) is 2. The summed E-state index contributed by atoms with van der Waals surface area (Å²) in [5, 5.41) is 0. The summed E-state index contributed by atoms with van der Waals surface area (Å²) in [6.45, 7) is 1.92. The summed E-state index contributed by atoms with van der Waals surface area (Å²) in [5.74, 6) is -1.20. The van der Waals surface area contributed by atoms with Crippen LogP contribution in [0.3, 0.4) is 0 Å². The highest BCUT2D eigenvalue weighted by Crippen LogP contribution is 2.22. The molecular weight excluding hydrogens is 210 g/mol. The summed E-state index contributed by atoms with van der Waals surface area (Å²) in [6.07, 6.45) is 2.21. The van der Waals surface area contributed by atoms with Gasteiger partial charge in [-0.2, -0.15) is 0 Å². The Labute approximate surface area is 92.0 Å². The van der Waals surface area contributed by atoms with Gasteiger partial charge < -0.3 is 0 Å². The average molecular weight is 220 g/mol. The fraction of sp³-hybridized carbons (Fsp3) is 0.167. The first-order valence-corrected chi connectivity index (χ1v) is 4.98. The first-order chi connectivity index (χ1) is 7.72. The van der Waals surface area contributed by atoms with Crippen LogP contribution in [0.15, 0.2) is 30.5 Å². The van der Waals surface area contributed by atoms with Gasteiger partial charge in [0.1, 0.15) is 11.6 Å². The van der Waals surface area contributed by atoms with Gasteiger partial charge >= 0.3 is 0 Å². The molecule has 0 spiro atoms. The second-order valence-electron chi connectivity index (χ2n) is 3.32. The topological polar surface area (TPSA) is 25.8 Å². The van der Waals surface area contributed by atoms with Gasteiger partial charge in [-0.1, -0.05) is 13.0 Å². The van der Waals surface area contributed by atoms with E-state index in [0.717, 1.165) is 5.69 Å². The molecular formula is C12H10F2N2. The molecule has 2 nitrogen and oxygen atoms in total. The molecule has 16 heavy (non-hydrogen) atoms. The Morgan fingerprint density at radius 3 is 2.44 bits per heavy atom. The maximum absolute atomic E-state index is 13.5. The van der Waals surface area contributed by atoms with Gasteiger partial charge in [0, 0.05) is 11.9 Å². The Bertz CT molecular complexity index is 492. The van der Waals surface area contributed by atoms with Crippen LogP contribution in [0.2, 0.25) is 0 Å². The van der Waals surface area contributed by atoms with Crippen molar-refractivity contribution in [3.63, 3.8) is 0 Å². The monoisotopic (exact) mass is 220 g/mol. The van der Waals surface area contributed by atoms with Crippen molar-refractivity contribution < 1.29 is 8.78 Å². The summed E-state index contributed by atoms with van der Waals surface area (Å²) in [4.78, 5) is 7.98. The molecule has 0 fully saturated rings. The van der Waals surface area contributed by atoms with Gasteiger partial charge in [-0.05, 0) is 24.6 Å². The zero-order valence-corrected chi connectivity index (χ0v) is 8.74. The Morgan fingerprint density at radius 1 is 1.12 bits per heavy atom. The van der Waals surface area contributed by atoms with E-state index in [-0.39, 0.29) is 11.4 Å². The van der Waals surface area contributed by atoms with E-state index in [2.05, 4.69) is 9.97 Å². The minimum atomic E-state index is -0.645. The molecule has 0 aliphatic rings. The quantitative estimate of drug-likeness (QED) is 0.777. The fourth-order valence-electron chi connectivity index (χ4n) is 1.42. The van der Waals surface area contributed by atoms with E-state index in [1.165, 1.54) is 24.4 Å². The molecule has 0 N–H and O–H groups in total. The number of aryl methyl sites for hydroxylation is 1. The van der Waals surface area contributed by atoms with E-state index in [1.807, 2.05) is 6.92 Å². The standard InChI is InChI=1S/C12H10F2N2/c1-2-8-6-7-15-12(16-8)11-9(13)4-3-5-10(11)14/h3-7H,2H2,1H3. The van der Waals surface area contributed by atoms with Crippen LogP contribution >= 0.6 is 0 Å². The van der Waals surface area contributed by atoms with Gasteiger partial charge in [-0.25, -0.2) is 18.7 Å². The maximum Gasteiger partial charge on any atom is 0.165 e.